The maximum Gasteiger partial charge on any atom is 0.137 e. The average Bonchev–Trinajstić information content (AvgIpc) is 3.73. The minimum Gasteiger partial charge on any atom is -0.456 e. The molecule has 3 heteroatoms. The molecule has 0 N–H and O–H groups in total. The SMILES string of the molecule is c1ccc(-c2ccc(N(c3ccccc3)c3ccc4c(c3)oc3cc(N(c5ccccc5)c5ccc(-c6ccccc6)cc5-c5ccccc5)ccc34)c(-c3ccccc3)c2)cc1. The Balaban J connectivity index is 1.05. The largest absolute Gasteiger partial charge is 0.456 e. The number of rotatable bonds is 10. The summed E-state index contributed by atoms with van der Waals surface area (Å²) < 4.78 is 6.91. The normalized spacial score (nSPS) is 11.2. The number of para-hydroxylation sites is 2. The Morgan fingerprint density at radius 3 is 0.937 bits per heavy atom. The van der Waals surface area contributed by atoms with Crippen molar-refractivity contribution >= 4 is 56.1 Å². The predicted molar refractivity (Wildman–Crippen MR) is 265 cm³/mol. The topological polar surface area (TPSA) is 19.6 Å². The van der Waals surface area contributed by atoms with E-state index in [4.69, 9.17) is 4.42 Å². The van der Waals surface area contributed by atoms with Crippen LogP contribution in [-0.4, -0.2) is 0 Å². The van der Waals surface area contributed by atoms with Gasteiger partial charge in [-0.15, -0.1) is 0 Å². The summed E-state index contributed by atoms with van der Waals surface area (Å²) >= 11 is 0. The molecule has 0 radical (unpaired) electrons. The van der Waals surface area contributed by atoms with Crippen molar-refractivity contribution in [1.82, 2.24) is 0 Å². The second-order valence-corrected chi connectivity index (χ2v) is 15.7. The van der Waals surface area contributed by atoms with Gasteiger partial charge in [0.05, 0.1) is 11.4 Å². The van der Waals surface area contributed by atoms with E-state index in [-0.39, 0.29) is 0 Å². The highest BCUT2D eigenvalue weighted by atomic mass is 16.3. The molecule has 0 saturated carbocycles. The zero-order valence-corrected chi connectivity index (χ0v) is 34.6. The third-order valence-corrected chi connectivity index (χ3v) is 11.8. The maximum absolute atomic E-state index is 6.91. The fourth-order valence-corrected chi connectivity index (χ4v) is 8.82. The minimum atomic E-state index is 0.825. The summed E-state index contributed by atoms with van der Waals surface area (Å²) in [5.74, 6) is 0. The number of nitrogens with zero attached hydrogens (tertiary/aromatic N) is 2. The summed E-state index contributed by atoms with van der Waals surface area (Å²) in [6.07, 6.45) is 0. The molecule has 11 rings (SSSR count). The molecule has 0 aliphatic rings. The zero-order valence-electron chi connectivity index (χ0n) is 34.6. The zero-order chi connectivity index (χ0) is 42.0. The van der Waals surface area contributed by atoms with E-state index >= 15 is 0 Å². The van der Waals surface area contributed by atoms with E-state index in [1.165, 1.54) is 22.3 Å². The van der Waals surface area contributed by atoms with Gasteiger partial charge in [0, 0.05) is 56.8 Å². The lowest BCUT2D eigenvalue weighted by Crippen LogP contribution is -2.11. The van der Waals surface area contributed by atoms with Crippen LogP contribution in [-0.2, 0) is 0 Å². The Kier molecular flexibility index (Phi) is 9.89. The highest BCUT2D eigenvalue weighted by molar-refractivity contribution is 6.08. The first-order valence-corrected chi connectivity index (χ1v) is 21.4. The van der Waals surface area contributed by atoms with Gasteiger partial charge in [0.1, 0.15) is 11.2 Å². The van der Waals surface area contributed by atoms with Crippen molar-refractivity contribution in [3.63, 3.8) is 0 Å². The first-order chi connectivity index (χ1) is 31.2. The lowest BCUT2D eigenvalue weighted by atomic mass is 9.96. The standard InChI is InChI=1S/C60H42N2O/c1-7-19-43(20-8-1)47-31-37-57(55(39-47)45-23-11-3-12-24-45)61(49-27-15-5-16-28-49)51-33-35-53-54-36-34-52(42-60(54)63-59(53)41-51)62(50-29-17-6-18-30-50)58-38-32-48(44-21-9-2-10-22-44)40-56(58)46-25-13-4-14-26-46/h1-42H. The summed E-state index contributed by atoms with van der Waals surface area (Å²) in [6, 6.07) is 90.5. The summed E-state index contributed by atoms with van der Waals surface area (Å²) in [5, 5.41) is 2.14. The summed E-state index contributed by atoms with van der Waals surface area (Å²) in [6.45, 7) is 0. The predicted octanol–water partition coefficient (Wildman–Crippen LogP) is 17.2. The lowest BCUT2D eigenvalue weighted by Gasteiger charge is -2.28. The molecule has 3 nitrogen and oxygen atoms in total. The van der Waals surface area contributed by atoms with Crippen LogP contribution in [0.4, 0.5) is 34.1 Å². The molecule has 0 bridgehead atoms. The van der Waals surface area contributed by atoms with E-state index in [1.807, 2.05) is 0 Å². The molecule has 0 fully saturated rings. The van der Waals surface area contributed by atoms with Gasteiger partial charge in [-0.25, -0.2) is 0 Å². The van der Waals surface area contributed by atoms with Crippen LogP contribution in [0.15, 0.2) is 259 Å². The van der Waals surface area contributed by atoms with Crippen LogP contribution in [0, 0.1) is 0 Å². The van der Waals surface area contributed by atoms with E-state index in [0.29, 0.717) is 0 Å². The van der Waals surface area contributed by atoms with Crippen LogP contribution in [0.1, 0.15) is 0 Å². The maximum atomic E-state index is 6.91. The van der Waals surface area contributed by atoms with Crippen LogP contribution in [0.25, 0.3) is 66.4 Å². The van der Waals surface area contributed by atoms with E-state index < -0.39 is 0 Å². The first-order valence-electron chi connectivity index (χ1n) is 21.4. The quantitative estimate of drug-likeness (QED) is 0.137. The Hall–Kier alpha value is -8.40. The van der Waals surface area contributed by atoms with Crippen molar-refractivity contribution < 1.29 is 4.42 Å². The van der Waals surface area contributed by atoms with E-state index in [9.17, 15) is 0 Å². The molecule has 1 aromatic heterocycles. The van der Waals surface area contributed by atoms with Gasteiger partial charge in [0.25, 0.3) is 0 Å². The van der Waals surface area contributed by atoms with E-state index in [1.54, 1.807) is 0 Å². The average molecular weight is 807 g/mol. The Morgan fingerprint density at radius 1 is 0.238 bits per heavy atom. The second-order valence-electron chi connectivity index (χ2n) is 15.7. The van der Waals surface area contributed by atoms with Gasteiger partial charge < -0.3 is 14.2 Å². The molecule has 298 valence electrons. The number of hydrogen-bond acceptors (Lipinski definition) is 3. The number of fused-ring (bicyclic) bond motifs is 3. The molecule has 11 aromatic rings. The number of hydrogen-bond donors (Lipinski definition) is 0. The molecular formula is C60H42N2O. The Labute approximate surface area is 368 Å². The molecule has 0 unspecified atom stereocenters. The smallest absolute Gasteiger partial charge is 0.137 e. The van der Waals surface area contributed by atoms with Gasteiger partial charge in [0.15, 0.2) is 0 Å². The molecular weight excluding hydrogens is 765 g/mol. The first kappa shape index (κ1) is 37.6. The molecule has 0 aliphatic heterocycles. The van der Waals surface area contributed by atoms with Crippen LogP contribution >= 0.6 is 0 Å². The molecule has 1 heterocycles. The molecule has 10 aromatic carbocycles. The minimum absolute atomic E-state index is 0.825. The molecule has 0 aliphatic carbocycles. The van der Waals surface area contributed by atoms with Gasteiger partial charge >= 0.3 is 0 Å². The van der Waals surface area contributed by atoms with E-state index in [0.717, 1.165) is 78.3 Å². The third kappa shape index (κ3) is 7.32. The number of anilines is 6. The van der Waals surface area contributed by atoms with E-state index in [2.05, 4.69) is 265 Å². The van der Waals surface area contributed by atoms with Gasteiger partial charge in [-0.2, -0.15) is 0 Å². The van der Waals surface area contributed by atoms with Crippen molar-refractivity contribution in [2.75, 3.05) is 9.80 Å². The summed E-state index contributed by atoms with van der Waals surface area (Å²) in [4.78, 5) is 4.69. The monoisotopic (exact) mass is 806 g/mol. The van der Waals surface area contributed by atoms with Gasteiger partial charge in [-0.1, -0.05) is 170 Å². The fourth-order valence-electron chi connectivity index (χ4n) is 8.82. The number of benzene rings is 10. The van der Waals surface area contributed by atoms with Crippen molar-refractivity contribution in [2.24, 2.45) is 0 Å². The highest BCUT2D eigenvalue weighted by Crippen LogP contribution is 2.46. The van der Waals surface area contributed by atoms with Gasteiger partial charge in [-0.05, 0) is 106 Å². The number of furan rings is 1. The second kappa shape index (κ2) is 16.6. The van der Waals surface area contributed by atoms with Crippen molar-refractivity contribution in [2.45, 2.75) is 0 Å². The van der Waals surface area contributed by atoms with Crippen molar-refractivity contribution in [3.8, 4) is 44.5 Å². The Morgan fingerprint density at radius 2 is 0.571 bits per heavy atom. The Bertz CT molecular complexity index is 3090. The molecule has 0 atom stereocenters. The van der Waals surface area contributed by atoms with Crippen LogP contribution in [0.5, 0.6) is 0 Å². The third-order valence-electron chi connectivity index (χ3n) is 11.8. The van der Waals surface area contributed by atoms with Crippen LogP contribution < -0.4 is 9.80 Å². The highest BCUT2D eigenvalue weighted by Gasteiger charge is 2.22. The summed E-state index contributed by atoms with van der Waals surface area (Å²) in [5.41, 5.74) is 17.2. The van der Waals surface area contributed by atoms with Crippen molar-refractivity contribution in [3.05, 3.63) is 255 Å². The molecule has 0 saturated heterocycles. The molecule has 0 amide bonds. The molecule has 63 heavy (non-hydrogen) atoms. The van der Waals surface area contributed by atoms with Crippen molar-refractivity contribution in [1.29, 1.82) is 0 Å². The fraction of sp³-hybridized carbons (Fsp3) is 0. The van der Waals surface area contributed by atoms with Crippen LogP contribution in [0.3, 0.4) is 0 Å². The molecule has 0 spiro atoms. The van der Waals surface area contributed by atoms with Gasteiger partial charge in [0.2, 0.25) is 0 Å². The van der Waals surface area contributed by atoms with Crippen LogP contribution in [0.2, 0.25) is 0 Å². The van der Waals surface area contributed by atoms with Gasteiger partial charge in [-0.3, -0.25) is 0 Å². The lowest BCUT2D eigenvalue weighted by molar-refractivity contribution is 0.669. The summed E-state index contributed by atoms with van der Waals surface area (Å²) in [7, 11) is 0.